The molecule has 0 unspecified atom stereocenters. The molecule has 1 aromatic rings. The van der Waals surface area contributed by atoms with Gasteiger partial charge in [0.15, 0.2) is 0 Å². The van der Waals surface area contributed by atoms with Crippen molar-refractivity contribution in [3.63, 3.8) is 0 Å². The Morgan fingerprint density at radius 2 is 0.770 bits per heavy atom. The summed E-state index contributed by atoms with van der Waals surface area (Å²) < 4.78 is 30.6. The molecule has 0 spiro atoms. The molecule has 0 heterocycles. The van der Waals surface area contributed by atoms with Gasteiger partial charge >= 0.3 is 16.2 Å². The van der Waals surface area contributed by atoms with Crippen LogP contribution in [0.4, 0.5) is 10.5 Å². The fourth-order valence-electron chi connectivity index (χ4n) is 8.11. The van der Waals surface area contributed by atoms with E-state index in [1.54, 1.807) is 0 Å². The second-order valence-corrected chi connectivity index (χ2v) is 20.4. The first kappa shape index (κ1) is 59.4. The number of carbonyl (C=O) groups is 1. The normalized spacial score (nSPS) is 11.7. The molecular weight excluding hydrogens is 773 g/mol. The largest absolute Gasteiger partial charge is 0.333 e. The maximum absolute atomic E-state index is 13.4. The molecule has 7 nitrogen and oxygen atoms in total. The van der Waals surface area contributed by atoms with Crippen LogP contribution < -0.4 is 15.4 Å². The molecule has 0 fully saturated rings. The monoisotopic (exact) mass is 877 g/mol. The van der Waals surface area contributed by atoms with Crippen LogP contribution in [0.3, 0.4) is 0 Å². The molecule has 360 valence electrons. The predicted molar refractivity (Wildman–Crippen MR) is 271 cm³/mol. The van der Waals surface area contributed by atoms with E-state index in [2.05, 4.69) is 70.7 Å². The van der Waals surface area contributed by atoms with E-state index in [-0.39, 0.29) is 11.8 Å². The van der Waals surface area contributed by atoms with Gasteiger partial charge in [-0.05, 0) is 61.7 Å². The Balaban J connectivity index is 0.00000144. The first-order valence-electron chi connectivity index (χ1n) is 26.5. The SMILES string of the molecule is CCCCCCCCCCN(CCCCCCCCCC)S(=O)(=O)NC(=O)Nc1c(C(C)C)cccc1C(C)C.CCCCCCCCCCNCCCCCCCCCC. The van der Waals surface area contributed by atoms with Gasteiger partial charge in [0, 0.05) is 18.8 Å². The molecular formula is C53H104N4O3S. The van der Waals surface area contributed by atoms with Gasteiger partial charge in [-0.2, -0.15) is 12.7 Å². The zero-order valence-electron chi connectivity index (χ0n) is 41.9. The van der Waals surface area contributed by atoms with Gasteiger partial charge in [0.25, 0.3) is 0 Å². The van der Waals surface area contributed by atoms with Gasteiger partial charge in [-0.25, -0.2) is 9.52 Å². The quantitative estimate of drug-likeness (QED) is 0.0572. The molecule has 1 rings (SSSR count). The molecule has 8 heteroatoms. The molecule has 2 amide bonds. The molecule has 61 heavy (non-hydrogen) atoms. The molecule has 3 N–H and O–H groups in total. The molecule has 0 aliphatic heterocycles. The smallest absolute Gasteiger partial charge is 0.317 e. The molecule has 1 aromatic carbocycles. The second kappa shape index (κ2) is 42.3. The van der Waals surface area contributed by atoms with Crippen LogP contribution in [0.15, 0.2) is 18.2 Å². The maximum atomic E-state index is 13.4. The second-order valence-electron chi connectivity index (χ2n) is 18.7. The topological polar surface area (TPSA) is 90.5 Å². The number of amides is 2. The molecule has 0 saturated heterocycles. The summed E-state index contributed by atoms with van der Waals surface area (Å²) in [6.07, 6.45) is 41.3. The summed E-state index contributed by atoms with van der Waals surface area (Å²) in [5, 5.41) is 6.51. The minimum atomic E-state index is -3.95. The molecule has 0 aliphatic rings. The Bertz CT molecular complexity index is 1160. The first-order valence-corrected chi connectivity index (χ1v) is 27.9. The van der Waals surface area contributed by atoms with Gasteiger partial charge in [0.05, 0.1) is 0 Å². The summed E-state index contributed by atoms with van der Waals surface area (Å²) in [5.74, 6) is 0.400. The third-order valence-corrected chi connectivity index (χ3v) is 13.6. The number of para-hydroxylation sites is 1. The minimum absolute atomic E-state index is 0.200. The molecule has 0 saturated carbocycles. The highest BCUT2D eigenvalue weighted by molar-refractivity contribution is 7.87. The van der Waals surface area contributed by atoms with Crippen LogP contribution in [-0.4, -0.2) is 44.9 Å². The molecule has 0 atom stereocenters. The van der Waals surface area contributed by atoms with Crippen molar-refractivity contribution in [1.29, 1.82) is 0 Å². The van der Waals surface area contributed by atoms with Crippen LogP contribution in [0.2, 0.25) is 0 Å². The van der Waals surface area contributed by atoms with Crippen molar-refractivity contribution in [1.82, 2.24) is 14.3 Å². The summed E-state index contributed by atoms with van der Waals surface area (Å²) in [5.41, 5.74) is 2.74. The van der Waals surface area contributed by atoms with Gasteiger partial charge in [-0.1, -0.05) is 253 Å². The lowest BCUT2D eigenvalue weighted by Crippen LogP contribution is -2.46. The van der Waals surface area contributed by atoms with Crippen molar-refractivity contribution in [3.8, 4) is 0 Å². The van der Waals surface area contributed by atoms with Crippen LogP contribution in [0.25, 0.3) is 0 Å². The minimum Gasteiger partial charge on any atom is -0.317 e. The molecule has 0 aromatic heterocycles. The first-order chi connectivity index (χ1) is 29.5. The van der Waals surface area contributed by atoms with Crippen molar-refractivity contribution in [2.24, 2.45) is 0 Å². The molecule has 0 bridgehead atoms. The Morgan fingerprint density at radius 1 is 0.475 bits per heavy atom. The van der Waals surface area contributed by atoms with Gasteiger partial charge in [-0.15, -0.1) is 0 Å². The number of nitrogens with zero attached hydrogens (tertiary/aromatic N) is 1. The van der Waals surface area contributed by atoms with Crippen molar-refractivity contribution in [2.75, 3.05) is 31.5 Å². The average molecular weight is 878 g/mol. The number of hydrogen-bond donors (Lipinski definition) is 3. The molecule has 0 aliphatic carbocycles. The van der Waals surface area contributed by atoms with Crippen LogP contribution in [0.1, 0.15) is 284 Å². The van der Waals surface area contributed by atoms with E-state index < -0.39 is 16.2 Å². The van der Waals surface area contributed by atoms with E-state index in [4.69, 9.17) is 0 Å². The van der Waals surface area contributed by atoms with Crippen LogP contribution in [-0.2, 0) is 10.2 Å². The summed E-state index contributed by atoms with van der Waals surface area (Å²) in [4.78, 5) is 13.1. The Morgan fingerprint density at radius 3 is 1.08 bits per heavy atom. The lowest BCUT2D eigenvalue weighted by atomic mass is 9.93. The lowest BCUT2D eigenvalue weighted by Gasteiger charge is -2.24. The summed E-state index contributed by atoms with van der Waals surface area (Å²) in [7, 11) is -3.95. The average Bonchev–Trinajstić information content (AvgIpc) is 3.23. The zero-order chi connectivity index (χ0) is 45.2. The molecule has 0 radical (unpaired) electrons. The number of urea groups is 1. The Hall–Kier alpha value is -1.64. The van der Waals surface area contributed by atoms with E-state index in [0.717, 1.165) is 55.3 Å². The summed E-state index contributed by atoms with van der Waals surface area (Å²) >= 11 is 0. The number of nitrogens with one attached hydrogen (secondary N) is 3. The third kappa shape index (κ3) is 34.4. The van der Waals surface area contributed by atoms with E-state index in [0.29, 0.717) is 13.1 Å². The van der Waals surface area contributed by atoms with Crippen LogP contribution >= 0.6 is 0 Å². The van der Waals surface area contributed by atoms with Gasteiger partial charge in [0.1, 0.15) is 0 Å². The maximum Gasteiger partial charge on any atom is 0.333 e. The van der Waals surface area contributed by atoms with Crippen molar-refractivity contribution >= 4 is 21.9 Å². The number of hydrogen-bond acceptors (Lipinski definition) is 4. The zero-order valence-corrected chi connectivity index (χ0v) is 42.7. The van der Waals surface area contributed by atoms with E-state index >= 15 is 0 Å². The number of carbonyl (C=O) groups excluding carboxylic acids is 1. The van der Waals surface area contributed by atoms with E-state index in [1.807, 2.05) is 18.2 Å². The summed E-state index contributed by atoms with van der Waals surface area (Å²) in [6, 6.07) is 5.31. The summed E-state index contributed by atoms with van der Waals surface area (Å²) in [6.45, 7) is 20.7. The van der Waals surface area contributed by atoms with Crippen molar-refractivity contribution in [2.45, 2.75) is 273 Å². The van der Waals surface area contributed by atoms with E-state index in [9.17, 15) is 13.2 Å². The number of rotatable bonds is 41. The Labute approximate surface area is 381 Å². The third-order valence-electron chi connectivity index (χ3n) is 12.1. The lowest BCUT2D eigenvalue weighted by molar-refractivity contribution is 0.255. The Kier molecular flexibility index (Phi) is 41.2. The van der Waals surface area contributed by atoms with Crippen LogP contribution in [0, 0.1) is 0 Å². The highest BCUT2D eigenvalue weighted by Gasteiger charge is 2.25. The van der Waals surface area contributed by atoms with Gasteiger partial charge < -0.3 is 10.6 Å². The van der Waals surface area contributed by atoms with Gasteiger partial charge in [-0.3, -0.25) is 0 Å². The standard InChI is InChI=1S/C33H61N3O3S.C20H43N/c1-7-9-11-13-15-17-19-21-26-36(27-22-20-18-16-14-12-10-8-2)40(38,39)35-33(37)34-32-30(28(3)4)24-23-25-31(32)29(5)6;1-3-5-7-9-11-13-15-17-19-21-20-18-16-14-12-10-8-6-4-2/h23-25,28-29H,7-22,26-27H2,1-6H3,(H2,34,35,37);21H,3-20H2,1-2H3. The fraction of sp³-hybridized carbons (Fsp3) is 0.868. The number of unbranched alkanes of at least 4 members (excludes halogenated alkanes) is 28. The number of benzene rings is 1. The van der Waals surface area contributed by atoms with Gasteiger partial charge in [0.2, 0.25) is 0 Å². The van der Waals surface area contributed by atoms with Crippen molar-refractivity contribution in [3.05, 3.63) is 29.3 Å². The number of anilines is 1. The highest BCUT2D eigenvalue weighted by atomic mass is 32.2. The highest BCUT2D eigenvalue weighted by Crippen LogP contribution is 2.32. The van der Waals surface area contributed by atoms with Crippen LogP contribution in [0.5, 0.6) is 0 Å². The fourth-order valence-corrected chi connectivity index (χ4v) is 9.26. The van der Waals surface area contributed by atoms with E-state index in [1.165, 1.54) is 184 Å². The van der Waals surface area contributed by atoms with Crippen molar-refractivity contribution < 1.29 is 13.2 Å². The predicted octanol–water partition coefficient (Wildman–Crippen LogP) is 16.7.